The Morgan fingerprint density at radius 1 is 0.912 bits per heavy atom. The molecule has 5 unspecified atom stereocenters. The molecule has 0 amide bonds. The molecule has 5 aliphatic carbocycles. The molecule has 0 heterocycles. The molecular formula is C30H47NO3. The van der Waals surface area contributed by atoms with Crippen LogP contribution < -0.4 is 0 Å². The molecule has 5 fully saturated rings. The van der Waals surface area contributed by atoms with E-state index in [0.717, 1.165) is 50.7 Å². The Balaban J connectivity index is 1.56. The van der Waals surface area contributed by atoms with Crippen molar-refractivity contribution in [2.24, 2.45) is 61.8 Å². The molecule has 2 N–H and O–H groups in total. The number of carboxylic acids is 1. The highest BCUT2D eigenvalue weighted by Crippen LogP contribution is 2.77. The van der Waals surface area contributed by atoms with Crippen molar-refractivity contribution >= 4 is 11.7 Å². The van der Waals surface area contributed by atoms with Gasteiger partial charge in [0.2, 0.25) is 0 Å². The van der Waals surface area contributed by atoms with Crippen molar-refractivity contribution in [3.63, 3.8) is 0 Å². The lowest BCUT2D eigenvalue weighted by atomic mass is 9.32. The Hall–Kier alpha value is -1.32. The number of nitrogens with zero attached hydrogens (tertiary/aromatic N) is 1. The van der Waals surface area contributed by atoms with E-state index >= 15 is 0 Å². The van der Waals surface area contributed by atoms with Gasteiger partial charge in [0.15, 0.2) is 0 Å². The van der Waals surface area contributed by atoms with E-state index < -0.39 is 11.4 Å². The summed E-state index contributed by atoms with van der Waals surface area (Å²) in [5.41, 5.74) is 2.20. The second-order valence-corrected chi connectivity index (χ2v) is 14.4. The van der Waals surface area contributed by atoms with Gasteiger partial charge in [-0.2, -0.15) is 0 Å². The summed E-state index contributed by atoms with van der Waals surface area (Å²) in [5, 5.41) is 24.0. The van der Waals surface area contributed by atoms with Gasteiger partial charge in [-0.05, 0) is 117 Å². The number of aliphatic carboxylic acids is 1. The Morgan fingerprint density at radius 3 is 2.24 bits per heavy atom. The monoisotopic (exact) mass is 469 g/mol. The summed E-state index contributed by atoms with van der Waals surface area (Å²) in [6, 6.07) is 0. The van der Waals surface area contributed by atoms with Crippen molar-refractivity contribution in [3.8, 4) is 0 Å². The van der Waals surface area contributed by atoms with E-state index in [2.05, 4.69) is 53.3 Å². The van der Waals surface area contributed by atoms with E-state index in [-0.39, 0.29) is 27.6 Å². The average Bonchev–Trinajstić information content (AvgIpc) is 3.15. The average molecular weight is 470 g/mol. The van der Waals surface area contributed by atoms with Crippen LogP contribution in [0.2, 0.25) is 0 Å². The number of carboxylic acid groups (broad SMARTS) is 1. The normalized spacial score (nSPS) is 52.8. The lowest BCUT2D eigenvalue weighted by molar-refractivity contribution is -0.230. The van der Waals surface area contributed by atoms with E-state index in [0.29, 0.717) is 23.7 Å². The summed E-state index contributed by atoms with van der Waals surface area (Å²) in [6.45, 7) is 18.8. The Labute approximate surface area is 206 Å². The molecule has 0 aromatic rings. The fourth-order valence-corrected chi connectivity index (χ4v) is 11.5. The molecule has 190 valence electrons. The molecule has 9 atom stereocenters. The molecule has 0 aliphatic heterocycles. The first-order valence-electron chi connectivity index (χ1n) is 13.9. The zero-order valence-electron chi connectivity index (χ0n) is 22.4. The molecule has 5 aliphatic rings. The summed E-state index contributed by atoms with van der Waals surface area (Å²) in [7, 11) is 0. The van der Waals surface area contributed by atoms with Crippen molar-refractivity contribution in [2.75, 3.05) is 0 Å². The first kappa shape index (κ1) is 24.4. The van der Waals surface area contributed by atoms with E-state index in [1.54, 1.807) is 0 Å². The number of fused-ring (bicyclic) bond motifs is 7. The van der Waals surface area contributed by atoms with Crippen LogP contribution in [0.5, 0.6) is 0 Å². The van der Waals surface area contributed by atoms with E-state index in [9.17, 15) is 15.1 Å². The van der Waals surface area contributed by atoms with Crippen LogP contribution in [0, 0.1) is 56.7 Å². The molecule has 4 heteroatoms. The summed E-state index contributed by atoms with van der Waals surface area (Å²) in [5.74, 6) is 1.69. The van der Waals surface area contributed by atoms with Gasteiger partial charge in [-0.15, -0.1) is 0 Å². The van der Waals surface area contributed by atoms with Gasteiger partial charge < -0.3 is 10.3 Å². The molecule has 0 spiro atoms. The number of oxime groups is 1. The highest BCUT2D eigenvalue weighted by Gasteiger charge is 2.71. The summed E-state index contributed by atoms with van der Waals surface area (Å²) < 4.78 is 0. The Morgan fingerprint density at radius 2 is 1.62 bits per heavy atom. The van der Waals surface area contributed by atoms with Gasteiger partial charge in [-0.25, -0.2) is 0 Å². The van der Waals surface area contributed by atoms with Crippen molar-refractivity contribution in [1.29, 1.82) is 0 Å². The van der Waals surface area contributed by atoms with Crippen LogP contribution in [0.4, 0.5) is 0 Å². The van der Waals surface area contributed by atoms with Gasteiger partial charge in [-0.1, -0.05) is 51.9 Å². The fourth-order valence-electron chi connectivity index (χ4n) is 11.5. The number of allylic oxidation sites excluding steroid dienone is 1. The number of carbonyl (C=O) groups is 1. The smallest absolute Gasteiger partial charge is 0.309 e. The van der Waals surface area contributed by atoms with Crippen LogP contribution in [0.25, 0.3) is 0 Å². The van der Waals surface area contributed by atoms with E-state index in [4.69, 9.17) is 0 Å². The van der Waals surface area contributed by atoms with Crippen LogP contribution in [0.1, 0.15) is 106 Å². The minimum absolute atomic E-state index is 0.0671. The Kier molecular flexibility index (Phi) is 5.27. The Bertz CT molecular complexity index is 937. The van der Waals surface area contributed by atoms with Gasteiger partial charge in [0.25, 0.3) is 0 Å². The molecule has 5 saturated carbocycles. The molecule has 34 heavy (non-hydrogen) atoms. The molecular weight excluding hydrogens is 422 g/mol. The van der Waals surface area contributed by atoms with Gasteiger partial charge in [-0.3, -0.25) is 4.79 Å². The molecule has 0 aromatic carbocycles. The van der Waals surface area contributed by atoms with Gasteiger partial charge in [0.1, 0.15) is 0 Å². The topological polar surface area (TPSA) is 69.9 Å². The molecule has 0 bridgehead atoms. The molecule has 0 saturated heterocycles. The number of hydrogen-bond donors (Lipinski definition) is 2. The summed E-state index contributed by atoms with van der Waals surface area (Å²) in [4.78, 5) is 12.8. The predicted octanol–water partition coefficient (Wildman–Crippen LogP) is 7.56. The van der Waals surface area contributed by atoms with Crippen LogP contribution in [-0.2, 0) is 4.79 Å². The zero-order valence-corrected chi connectivity index (χ0v) is 22.4. The second-order valence-electron chi connectivity index (χ2n) is 14.4. The van der Waals surface area contributed by atoms with Gasteiger partial charge in [0, 0.05) is 5.41 Å². The molecule has 4 nitrogen and oxygen atoms in total. The minimum Gasteiger partial charge on any atom is -0.481 e. The molecule has 5 rings (SSSR count). The largest absolute Gasteiger partial charge is 0.481 e. The van der Waals surface area contributed by atoms with Crippen LogP contribution in [-0.4, -0.2) is 22.0 Å². The summed E-state index contributed by atoms with van der Waals surface area (Å²) >= 11 is 0. The van der Waals surface area contributed by atoms with Crippen molar-refractivity contribution in [3.05, 3.63) is 12.2 Å². The standard InChI is InChI=1S/C30H47NO3/c1-18(2)19-10-15-30(25(32)33)17-16-28(6)20(24(19)30)8-9-22-27(5)13-12-23(31-34)26(3,4)21(27)11-14-29(22,28)7/h19-22,24,34H,1,8-17H2,2-7H3,(H,32,33)/b31-23+/t19?,20?,21?,22?,24?,27-,28+,29+,30-/m0/s1. The first-order valence-corrected chi connectivity index (χ1v) is 13.9. The van der Waals surface area contributed by atoms with Crippen molar-refractivity contribution < 1.29 is 15.1 Å². The second kappa shape index (κ2) is 7.35. The summed E-state index contributed by atoms with van der Waals surface area (Å²) in [6.07, 6.45) is 10.5. The van der Waals surface area contributed by atoms with E-state index in [1.165, 1.54) is 24.8 Å². The third-order valence-corrected chi connectivity index (χ3v) is 13.4. The number of hydrogen-bond acceptors (Lipinski definition) is 3. The molecule has 0 aromatic heterocycles. The van der Waals surface area contributed by atoms with Gasteiger partial charge >= 0.3 is 5.97 Å². The number of rotatable bonds is 2. The SMILES string of the molecule is C=C(C)C1CC[C@]2(C(=O)O)CC[C@]3(C)C(CCC4[C@@]5(C)CC/C(=N\O)C(C)(C)C5CC[C@]43C)C12. The third kappa shape index (κ3) is 2.72. The minimum atomic E-state index is -0.545. The highest BCUT2D eigenvalue weighted by atomic mass is 16.4. The predicted molar refractivity (Wildman–Crippen MR) is 136 cm³/mol. The van der Waals surface area contributed by atoms with E-state index in [1.807, 2.05) is 0 Å². The van der Waals surface area contributed by atoms with Crippen LogP contribution in [0.15, 0.2) is 17.3 Å². The quantitative estimate of drug-likeness (QED) is 0.249. The van der Waals surface area contributed by atoms with Crippen molar-refractivity contribution in [1.82, 2.24) is 0 Å². The third-order valence-electron chi connectivity index (χ3n) is 13.4. The van der Waals surface area contributed by atoms with Crippen LogP contribution in [0.3, 0.4) is 0 Å². The molecule has 0 radical (unpaired) electrons. The fraction of sp³-hybridized carbons (Fsp3) is 0.867. The maximum Gasteiger partial charge on any atom is 0.309 e. The lowest BCUT2D eigenvalue weighted by Gasteiger charge is -2.72. The zero-order chi connectivity index (χ0) is 24.9. The maximum atomic E-state index is 12.8. The first-order chi connectivity index (χ1) is 15.8. The van der Waals surface area contributed by atoms with Crippen LogP contribution >= 0.6 is 0 Å². The maximum absolute atomic E-state index is 12.8. The highest BCUT2D eigenvalue weighted by molar-refractivity contribution is 5.90. The lowest BCUT2D eigenvalue weighted by Crippen LogP contribution is -2.66. The van der Waals surface area contributed by atoms with Gasteiger partial charge in [0.05, 0.1) is 11.1 Å². The van der Waals surface area contributed by atoms with Crippen molar-refractivity contribution in [2.45, 2.75) is 106 Å².